The second-order valence-corrected chi connectivity index (χ2v) is 6.13. The van der Waals surface area contributed by atoms with Gasteiger partial charge in [0, 0.05) is 18.8 Å². The van der Waals surface area contributed by atoms with Crippen molar-refractivity contribution >= 4 is 11.7 Å². The molecule has 1 aromatic rings. The van der Waals surface area contributed by atoms with Gasteiger partial charge in [0.1, 0.15) is 11.7 Å². The molecule has 1 aromatic carbocycles. The van der Waals surface area contributed by atoms with E-state index in [-0.39, 0.29) is 12.1 Å². The van der Waals surface area contributed by atoms with Crippen LogP contribution in [0.1, 0.15) is 20.8 Å². The Kier molecular flexibility index (Phi) is 5.20. The summed E-state index contributed by atoms with van der Waals surface area (Å²) in [5.41, 5.74) is 0.359. The molecule has 0 amide bonds. The van der Waals surface area contributed by atoms with Crippen molar-refractivity contribution in [1.29, 1.82) is 0 Å². The van der Waals surface area contributed by atoms with Gasteiger partial charge in [-0.3, -0.25) is 0 Å². The number of carbonyl (C=O) groups is 1. The highest BCUT2D eigenvalue weighted by atomic mass is 16.6. The molecule has 21 heavy (non-hydrogen) atoms. The fourth-order valence-corrected chi connectivity index (χ4v) is 2.18. The molecule has 5 heteroatoms. The smallest absolute Gasteiger partial charge is 0.331 e. The summed E-state index contributed by atoms with van der Waals surface area (Å²) in [5, 5.41) is 6.48. The van der Waals surface area contributed by atoms with Crippen LogP contribution >= 0.6 is 0 Å². The summed E-state index contributed by atoms with van der Waals surface area (Å²) in [7, 11) is 0. The molecule has 2 unspecified atom stereocenters. The second kappa shape index (κ2) is 6.91. The molecule has 2 atom stereocenters. The minimum absolute atomic E-state index is 0.242. The van der Waals surface area contributed by atoms with Crippen LogP contribution in [0.5, 0.6) is 0 Å². The van der Waals surface area contributed by atoms with Crippen LogP contribution in [-0.2, 0) is 14.3 Å². The molecule has 116 valence electrons. The average Bonchev–Trinajstić information content (AvgIpc) is 2.45. The van der Waals surface area contributed by atoms with E-state index in [1.807, 2.05) is 51.1 Å². The minimum Gasteiger partial charge on any atom is -0.458 e. The third kappa shape index (κ3) is 5.02. The van der Waals surface area contributed by atoms with E-state index in [1.165, 1.54) is 0 Å². The van der Waals surface area contributed by atoms with E-state index in [0.29, 0.717) is 13.2 Å². The lowest BCUT2D eigenvalue weighted by molar-refractivity contribution is -0.159. The Bertz CT molecular complexity index is 450. The molecule has 1 aliphatic heterocycles. The Labute approximate surface area is 126 Å². The average molecular weight is 292 g/mol. The molecule has 2 rings (SSSR count). The Morgan fingerprint density at radius 2 is 2.10 bits per heavy atom. The number of ether oxygens (including phenoxy) is 2. The van der Waals surface area contributed by atoms with Crippen molar-refractivity contribution in [1.82, 2.24) is 5.32 Å². The number of benzene rings is 1. The summed E-state index contributed by atoms with van der Waals surface area (Å²) in [6.07, 6.45) is -0.242. The fourth-order valence-electron chi connectivity index (χ4n) is 2.18. The molecule has 1 fully saturated rings. The van der Waals surface area contributed by atoms with Crippen molar-refractivity contribution in [3.63, 3.8) is 0 Å². The molecule has 0 radical (unpaired) electrons. The maximum atomic E-state index is 12.5. The van der Waals surface area contributed by atoms with Crippen LogP contribution in [0.15, 0.2) is 30.3 Å². The fraction of sp³-hybridized carbons (Fsp3) is 0.562. The zero-order valence-corrected chi connectivity index (χ0v) is 12.9. The number of nitrogens with one attached hydrogen (secondary N) is 2. The van der Waals surface area contributed by atoms with Gasteiger partial charge in [0.25, 0.3) is 0 Å². The Balaban J connectivity index is 2.11. The van der Waals surface area contributed by atoms with Gasteiger partial charge in [0.05, 0.1) is 6.61 Å². The predicted molar refractivity (Wildman–Crippen MR) is 82.3 cm³/mol. The Morgan fingerprint density at radius 1 is 1.38 bits per heavy atom. The minimum atomic E-state index is -0.528. The first-order valence-electron chi connectivity index (χ1n) is 7.32. The van der Waals surface area contributed by atoms with Crippen LogP contribution in [-0.4, -0.2) is 43.4 Å². The molecular formula is C16H24N2O3. The highest BCUT2D eigenvalue weighted by Gasteiger charge is 2.34. The van der Waals surface area contributed by atoms with E-state index in [9.17, 15) is 4.79 Å². The van der Waals surface area contributed by atoms with Gasteiger partial charge in [-0.05, 0) is 32.9 Å². The highest BCUT2D eigenvalue weighted by Crippen LogP contribution is 2.16. The van der Waals surface area contributed by atoms with Crippen molar-refractivity contribution in [2.45, 2.75) is 38.5 Å². The SMILES string of the molecule is CC(C)(C)OC(=O)C(Nc1ccccc1)C1CNCCO1. The highest BCUT2D eigenvalue weighted by molar-refractivity contribution is 5.80. The maximum Gasteiger partial charge on any atom is 0.331 e. The van der Waals surface area contributed by atoms with Crippen molar-refractivity contribution in [2.24, 2.45) is 0 Å². The first-order chi connectivity index (χ1) is 9.96. The summed E-state index contributed by atoms with van der Waals surface area (Å²) in [6.45, 7) is 7.63. The van der Waals surface area contributed by atoms with Crippen LogP contribution in [0.2, 0.25) is 0 Å². The quantitative estimate of drug-likeness (QED) is 0.829. The number of carbonyl (C=O) groups excluding carboxylic acids is 1. The molecule has 1 heterocycles. The van der Waals surface area contributed by atoms with Gasteiger partial charge in [-0.25, -0.2) is 4.79 Å². The normalized spacial score (nSPS) is 20.6. The lowest BCUT2D eigenvalue weighted by Gasteiger charge is -2.32. The van der Waals surface area contributed by atoms with E-state index in [4.69, 9.17) is 9.47 Å². The van der Waals surface area contributed by atoms with E-state index in [0.717, 1.165) is 12.2 Å². The Hall–Kier alpha value is -1.59. The van der Waals surface area contributed by atoms with E-state index in [1.54, 1.807) is 0 Å². The van der Waals surface area contributed by atoms with Crippen molar-refractivity contribution in [3.8, 4) is 0 Å². The van der Waals surface area contributed by atoms with Crippen LogP contribution in [0.25, 0.3) is 0 Å². The van der Waals surface area contributed by atoms with Crippen LogP contribution in [0.4, 0.5) is 5.69 Å². The van der Waals surface area contributed by atoms with Crippen LogP contribution < -0.4 is 10.6 Å². The van der Waals surface area contributed by atoms with E-state index >= 15 is 0 Å². The lowest BCUT2D eigenvalue weighted by atomic mass is 10.1. The van der Waals surface area contributed by atoms with Gasteiger partial charge in [-0.1, -0.05) is 18.2 Å². The molecule has 1 aliphatic rings. The van der Waals surface area contributed by atoms with Crippen LogP contribution in [0.3, 0.4) is 0 Å². The number of anilines is 1. The third-order valence-corrected chi connectivity index (χ3v) is 3.08. The zero-order valence-electron chi connectivity index (χ0n) is 12.9. The number of rotatable bonds is 4. The molecule has 0 spiro atoms. The summed E-state index contributed by atoms with van der Waals surface area (Å²) >= 11 is 0. The van der Waals surface area contributed by atoms with Crippen LogP contribution in [0, 0.1) is 0 Å². The first-order valence-corrected chi connectivity index (χ1v) is 7.32. The second-order valence-electron chi connectivity index (χ2n) is 6.13. The van der Waals surface area contributed by atoms with Gasteiger partial charge in [0.2, 0.25) is 0 Å². The van der Waals surface area contributed by atoms with Crippen molar-refractivity contribution < 1.29 is 14.3 Å². The molecule has 0 saturated carbocycles. The molecule has 0 aliphatic carbocycles. The summed E-state index contributed by atoms with van der Waals surface area (Å²) in [4.78, 5) is 12.5. The monoisotopic (exact) mass is 292 g/mol. The number of esters is 1. The number of morpholine rings is 1. The first kappa shape index (κ1) is 15.8. The summed E-state index contributed by atoms with van der Waals surface area (Å²) < 4.78 is 11.2. The number of hydrogen-bond donors (Lipinski definition) is 2. The maximum absolute atomic E-state index is 12.5. The molecule has 0 aromatic heterocycles. The van der Waals surface area contributed by atoms with Gasteiger partial charge in [-0.2, -0.15) is 0 Å². The van der Waals surface area contributed by atoms with Crippen molar-refractivity contribution in [3.05, 3.63) is 30.3 Å². The molecule has 1 saturated heterocycles. The Morgan fingerprint density at radius 3 is 2.67 bits per heavy atom. The zero-order chi connectivity index (χ0) is 15.3. The molecule has 5 nitrogen and oxygen atoms in total. The van der Waals surface area contributed by atoms with Gasteiger partial charge >= 0.3 is 5.97 Å². The van der Waals surface area contributed by atoms with Gasteiger partial charge in [-0.15, -0.1) is 0 Å². The summed E-state index contributed by atoms with van der Waals surface area (Å²) in [6, 6.07) is 9.11. The third-order valence-electron chi connectivity index (χ3n) is 3.08. The van der Waals surface area contributed by atoms with E-state index < -0.39 is 11.6 Å². The van der Waals surface area contributed by atoms with Gasteiger partial charge < -0.3 is 20.1 Å². The van der Waals surface area contributed by atoms with Crippen molar-refractivity contribution in [2.75, 3.05) is 25.0 Å². The predicted octanol–water partition coefficient (Wildman–Crippen LogP) is 1.80. The number of hydrogen-bond acceptors (Lipinski definition) is 5. The summed E-state index contributed by atoms with van der Waals surface area (Å²) in [5.74, 6) is -0.292. The topological polar surface area (TPSA) is 59.6 Å². The largest absolute Gasteiger partial charge is 0.458 e. The molecule has 0 bridgehead atoms. The standard InChI is InChI=1S/C16H24N2O3/c1-16(2,3)21-15(19)14(13-11-17-9-10-20-13)18-12-7-5-4-6-8-12/h4-8,13-14,17-18H,9-11H2,1-3H3. The van der Waals surface area contributed by atoms with E-state index in [2.05, 4.69) is 10.6 Å². The molecular weight excluding hydrogens is 268 g/mol. The molecule has 2 N–H and O–H groups in total. The number of para-hydroxylation sites is 1. The lowest BCUT2D eigenvalue weighted by Crippen LogP contribution is -2.52. The van der Waals surface area contributed by atoms with Gasteiger partial charge in [0.15, 0.2) is 6.04 Å².